The van der Waals surface area contributed by atoms with Gasteiger partial charge in [0.1, 0.15) is 0 Å². The van der Waals surface area contributed by atoms with E-state index < -0.39 is 12.1 Å². The molecule has 0 aliphatic rings. The molecule has 7 heteroatoms. The summed E-state index contributed by atoms with van der Waals surface area (Å²) in [7, 11) is 4.63. The lowest BCUT2D eigenvalue weighted by Crippen LogP contribution is -2.35. The molecule has 7 nitrogen and oxygen atoms in total. The topological polar surface area (TPSA) is 73.7 Å². The second kappa shape index (κ2) is 6.95. The van der Waals surface area contributed by atoms with E-state index in [4.69, 9.17) is 9.47 Å². The van der Waals surface area contributed by atoms with Gasteiger partial charge in [-0.2, -0.15) is 5.10 Å². The van der Waals surface area contributed by atoms with Gasteiger partial charge in [-0.3, -0.25) is 4.79 Å². The molecule has 23 heavy (non-hydrogen) atoms. The minimum atomic E-state index is -0.899. The summed E-state index contributed by atoms with van der Waals surface area (Å²) < 4.78 is 11.9. The Morgan fingerprint density at radius 2 is 1.87 bits per heavy atom. The lowest BCUT2D eigenvalue weighted by atomic mass is 10.3. The molecule has 0 spiro atoms. The van der Waals surface area contributed by atoms with Crippen molar-refractivity contribution >= 4 is 11.9 Å². The summed E-state index contributed by atoms with van der Waals surface area (Å²) in [6.07, 6.45) is 0.689. The van der Waals surface area contributed by atoms with Crippen molar-refractivity contribution in [2.75, 3.05) is 21.2 Å². The molecule has 0 N–H and O–H groups in total. The number of amides is 1. The highest BCUT2D eigenvalue weighted by molar-refractivity contribution is 5.92. The number of likely N-dealkylation sites (N-methyl/N-ethyl adjacent to an activating group) is 1. The highest BCUT2D eigenvalue weighted by Crippen LogP contribution is 2.20. The zero-order chi connectivity index (χ0) is 17.0. The predicted molar refractivity (Wildman–Crippen MR) is 83.7 cm³/mol. The second-order valence-corrected chi connectivity index (χ2v) is 5.11. The fraction of sp³-hybridized carbons (Fsp3) is 0.312. The number of hydrogen-bond acceptors (Lipinski definition) is 5. The van der Waals surface area contributed by atoms with Gasteiger partial charge < -0.3 is 14.4 Å². The molecule has 0 saturated heterocycles. The first-order chi connectivity index (χ1) is 10.9. The first-order valence-electron chi connectivity index (χ1n) is 7.05. The van der Waals surface area contributed by atoms with Crippen LogP contribution in [0, 0.1) is 0 Å². The van der Waals surface area contributed by atoms with Gasteiger partial charge in [-0.25, -0.2) is 9.48 Å². The largest absolute Gasteiger partial charge is 0.493 e. The van der Waals surface area contributed by atoms with E-state index in [1.807, 2.05) is 30.3 Å². The van der Waals surface area contributed by atoms with Crippen LogP contribution in [0.2, 0.25) is 0 Å². The van der Waals surface area contributed by atoms with Gasteiger partial charge in [0, 0.05) is 14.1 Å². The average Bonchev–Trinajstić information content (AvgIpc) is 2.99. The van der Waals surface area contributed by atoms with Crippen molar-refractivity contribution in [2.45, 2.75) is 13.0 Å². The van der Waals surface area contributed by atoms with Crippen molar-refractivity contribution < 1.29 is 19.1 Å². The zero-order valence-corrected chi connectivity index (χ0v) is 13.5. The number of benzene rings is 1. The Labute approximate surface area is 134 Å². The van der Waals surface area contributed by atoms with Gasteiger partial charge in [-0.15, -0.1) is 0 Å². The van der Waals surface area contributed by atoms with Crippen LogP contribution in [0.15, 0.2) is 36.5 Å². The van der Waals surface area contributed by atoms with Gasteiger partial charge in [0.05, 0.1) is 19.0 Å². The van der Waals surface area contributed by atoms with E-state index >= 15 is 0 Å². The van der Waals surface area contributed by atoms with Crippen LogP contribution in [0.5, 0.6) is 5.75 Å². The third-order valence-corrected chi connectivity index (χ3v) is 3.19. The van der Waals surface area contributed by atoms with E-state index in [1.165, 1.54) is 23.6 Å². The number of nitrogens with zero attached hydrogens (tertiary/aromatic N) is 3. The summed E-state index contributed by atoms with van der Waals surface area (Å²) in [5, 5.41) is 4.20. The molecule has 0 aliphatic carbocycles. The number of para-hydroxylation sites is 1. The van der Waals surface area contributed by atoms with Crippen LogP contribution in [0.1, 0.15) is 17.4 Å². The SMILES string of the molecule is COc1cn(-c2ccccc2)nc1C(=O)O[C@@H](C)C(=O)N(C)C. The summed E-state index contributed by atoms with van der Waals surface area (Å²) in [5.41, 5.74) is 0.803. The Balaban J connectivity index is 2.23. The van der Waals surface area contributed by atoms with Crippen LogP contribution in [-0.2, 0) is 9.53 Å². The van der Waals surface area contributed by atoms with Gasteiger partial charge >= 0.3 is 5.97 Å². The lowest BCUT2D eigenvalue weighted by molar-refractivity contribution is -0.137. The molecule has 1 amide bonds. The normalized spacial score (nSPS) is 11.7. The van der Waals surface area contributed by atoms with E-state index in [0.717, 1.165) is 5.69 Å². The summed E-state index contributed by atoms with van der Waals surface area (Å²) in [6, 6.07) is 9.30. The van der Waals surface area contributed by atoms with Crippen LogP contribution in [0.4, 0.5) is 0 Å². The fourth-order valence-electron chi connectivity index (χ4n) is 1.99. The maximum atomic E-state index is 12.3. The Bertz CT molecular complexity index is 695. The summed E-state index contributed by atoms with van der Waals surface area (Å²) in [5.74, 6) is -0.734. The van der Waals surface area contributed by atoms with Crippen molar-refractivity contribution in [3.05, 3.63) is 42.2 Å². The van der Waals surface area contributed by atoms with Gasteiger partial charge in [0.2, 0.25) is 5.69 Å². The van der Waals surface area contributed by atoms with Crippen molar-refractivity contribution in [1.82, 2.24) is 14.7 Å². The van der Waals surface area contributed by atoms with Gasteiger partial charge in [-0.05, 0) is 19.1 Å². The summed E-state index contributed by atoms with van der Waals surface area (Å²) >= 11 is 0. The lowest BCUT2D eigenvalue weighted by Gasteiger charge is -2.16. The molecule has 122 valence electrons. The monoisotopic (exact) mass is 317 g/mol. The number of ether oxygens (including phenoxy) is 2. The van der Waals surface area contributed by atoms with Gasteiger partial charge in [0.25, 0.3) is 5.91 Å². The Morgan fingerprint density at radius 3 is 2.43 bits per heavy atom. The molecule has 0 aliphatic heterocycles. The van der Waals surface area contributed by atoms with Crippen molar-refractivity contribution in [3.63, 3.8) is 0 Å². The first kappa shape index (κ1) is 16.5. The molecule has 1 aromatic carbocycles. The molecule has 2 rings (SSSR count). The Morgan fingerprint density at radius 1 is 1.22 bits per heavy atom. The number of rotatable bonds is 5. The first-order valence-corrected chi connectivity index (χ1v) is 7.05. The molecule has 1 heterocycles. The zero-order valence-electron chi connectivity index (χ0n) is 13.5. The standard InChI is InChI=1S/C16H19N3O4/c1-11(15(20)18(2)3)23-16(21)14-13(22-4)10-19(17-14)12-8-6-5-7-9-12/h5-11H,1-4H3/t11-/m0/s1. The molecular formula is C16H19N3O4. The van der Waals surface area contributed by atoms with Crippen molar-refractivity contribution in [1.29, 1.82) is 0 Å². The average molecular weight is 317 g/mol. The van der Waals surface area contributed by atoms with Crippen LogP contribution < -0.4 is 4.74 Å². The van der Waals surface area contributed by atoms with Crippen molar-refractivity contribution in [3.8, 4) is 11.4 Å². The van der Waals surface area contributed by atoms with E-state index in [9.17, 15) is 9.59 Å². The smallest absolute Gasteiger partial charge is 0.363 e. The number of esters is 1. The van der Waals surface area contributed by atoms with Crippen LogP contribution in [0.25, 0.3) is 5.69 Å². The van der Waals surface area contributed by atoms with E-state index in [2.05, 4.69) is 5.10 Å². The molecule has 2 aromatic rings. The van der Waals surface area contributed by atoms with Gasteiger partial charge in [-0.1, -0.05) is 18.2 Å². The van der Waals surface area contributed by atoms with Crippen LogP contribution in [-0.4, -0.2) is 53.9 Å². The third-order valence-electron chi connectivity index (χ3n) is 3.19. The minimum Gasteiger partial charge on any atom is -0.493 e. The summed E-state index contributed by atoms with van der Waals surface area (Å²) in [6.45, 7) is 1.51. The van der Waals surface area contributed by atoms with Gasteiger partial charge in [0.15, 0.2) is 11.9 Å². The number of hydrogen-bond donors (Lipinski definition) is 0. The predicted octanol–water partition coefficient (Wildman–Crippen LogP) is 1.51. The highest BCUT2D eigenvalue weighted by Gasteiger charge is 2.25. The molecular weight excluding hydrogens is 298 g/mol. The second-order valence-electron chi connectivity index (χ2n) is 5.11. The fourth-order valence-corrected chi connectivity index (χ4v) is 1.99. The Kier molecular flexibility index (Phi) is 5.00. The quantitative estimate of drug-likeness (QED) is 0.782. The molecule has 0 radical (unpaired) electrons. The minimum absolute atomic E-state index is 0.0229. The molecule has 0 bridgehead atoms. The van der Waals surface area contributed by atoms with E-state index in [-0.39, 0.29) is 17.4 Å². The molecule has 0 unspecified atom stereocenters. The number of aromatic nitrogens is 2. The van der Waals surface area contributed by atoms with Crippen LogP contribution >= 0.6 is 0 Å². The van der Waals surface area contributed by atoms with Crippen molar-refractivity contribution in [2.24, 2.45) is 0 Å². The maximum absolute atomic E-state index is 12.3. The molecule has 0 fully saturated rings. The number of carbonyl (C=O) groups excluding carboxylic acids is 2. The number of methoxy groups -OCH3 is 1. The van der Waals surface area contributed by atoms with E-state index in [0.29, 0.717) is 0 Å². The molecule has 1 atom stereocenters. The molecule has 0 saturated carbocycles. The summed E-state index contributed by atoms with van der Waals surface area (Å²) in [4.78, 5) is 25.4. The van der Waals surface area contributed by atoms with E-state index in [1.54, 1.807) is 20.3 Å². The Hall–Kier alpha value is -2.83. The maximum Gasteiger partial charge on any atom is 0.363 e. The highest BCUT2D eigenvalue weighted by atomic mass is 16.6. The third kappa shape index (κ3) is 3.68. The molecule has 1 aromatic heterocycles. The number of carbonyl (C=O) groups is 2. The van der Waals surface area contributed by atoms with Crippen LogP contribution in [0.3, 0.4) is 0 Å².